The van der Waals surface area contributed by atoms with E-state index in [-0.39, 0.29) is 22.6 Å². The van der Waals surface area contributed by atoms with E-state index in [1.54, 1.807) is 47.9 Å². The molecule has 0 fully saturated rings. The van der Waals surface area contributed by atoms with E-state index in [2.05, 4.69) is 27.4 Å². The van der Waals surface area contributed by atoms with Crippen LogP contribution in [0.15, 0.2) is 54.2 Å². The van der Waals surface area contributed by atoms with Crippen molar-refractivity contribution < 1.29 is 9.59 Å². The highest BCUT2D eigenvalue weighted by Gasteiger charge is 2.21. The summed E-state index contributed by atoms with van der Waals surface area (Å²) in [5.74, 6) is -0.0449. The zero-order chi connectivity index (χ0) is 24.8. The normalized spacial score (nSPS) is 11.7. The van der Waals surface area contributed by atoms with Gasteiger partial charge >= 0.3 is 0 Å². The van der Waals surface area contributed by atoms with E-state index in [4.69, 9.17) is 46.4 Å². The first-order chi connectivity index (χ1) is 16.2. The third kappa shape index (κ3) is 6.67. The number of hydrogen-bond acceptors (Lipinski definition) is 5. The predicted molar refractivity (Wildman–Crippen MR) is 138 cm³/mol. The summed E-state index contributed by atoms with van der Waals surface area (Å²) in [6.07, 6.45) is 1.68. The number of rotatable bonds is 9. The summed E-state index contributed by atoms with van der Waals surface area (Å²) in [6.45, 7) is 5.93. The number of benzene rings is 2. The molecule has 1 aromatic heterocycles. The lowest BCUT2D eigenvalue weighted by molar-refractivity contribution is -0.113. The molecule has 3 rings (SSSR count). The standard InChI is InChI=1S/C22H19Cl4N5O2S/c1-3-8-31-20(12(2)27-21(33)15-6-4-13(23)9-17(15)25)29-30-22(31)34-11-19(32)28-14-5-7-16(24)18(26)10-14/h3-7,9-10,12H,1,8,11H2,2H3,(H,27,33)(H,28,32). The Hall–Kier alpha value is -2.23. The molecule has 0 aliphatic heterocycles. The van der Waals surface area contributed by atoms with Crippen molar-refractivity contribution in [3.05, 3.63) is 80.5 Å². The van der Waals surface area contributed by atoms with Gasteiger partial charge in [0.15, 0.2) is 11.0 Å². The van der Waals surface area contributed by atoms with Crippen LogP contribution in [0.5, 0.6) is 0 Å². The molecule has 0 spiro atoms. The largest absolute Gasteiger partial charge is 0.342 e. The van der Waals surface area contributed by atoms with Crippen molar-refractivity contribution in [2.45, 2.75) is 24.7 Å². The Morgan fingerprint density at radius 3 is 2.53 bits per heavy atom. The lowest BCUT2D eigenvalue weighted by atomic mass is 10.2. The summed E-state index contributed by atoms with van der Waals surface area (Å²) < 4.78 is 1.78. The van der Waals surface area contributed by atoms with E-state index in [1.165, 1.54) is 17.8 Å². The summed E-state index contributed by atoms with van der Waals surface area (Å²) in [6, 6.07) is 8.98. The van der Waals surface area contributed by atoms with Crippen molar-refractivity contribution in [3.8, 4) is 0 Å². The van der Waals surface area contributed by atoms with Gasteiger partial charge in [-0.15, -0.1) is 16.8 Å². The minimum absolute atomic E-state index is 0.0800. The van der Waals surface area contributed by atoms with Crippen LogP contribution in [0.3, 0.4) is 0 Å². The molecule has 1 unspecified atom stereocenters. The third-order valence-corrected chi connectivity index (χ3v) is 6.76. The number of carbonyl (C=O) groups is 2. The SMILES string of the molecule is C=CCn1c(SCC(=O)Nc2ccc(Cl)c(Cl)c2)nnc1C(C)NC(=O)c1ccc(Cl)cc1Cl. The Balaban J connectivity index is 1.68. The molecule has 1 atom stereocenters. The molecule has 0 radical (unpaired) electrons. The van der Waals surface area contributed by atoms with E-state index in [0.717, 1.165) is 0 Å². The van der Waals surface area contributed by atoms with E-state index >= 15 is 0 Å². The number of allylic oxidation sites excluding steroid dienone is 1. The minimum Gasteiger partial charge on any atom is -0.342 e. The zero-order valence-corrected chi connectivity index (χ0v) is 21.7. The molecule has 2 amide bonds. The predicted octanol–water partition coefficient (Wildman–Crippen LogP) is 6.30. The van der Waals surface area contributed by atoms with Crippen LogP contribution >= 0.6 is 58.2 Å². The summed E-state index contributed by atoms with van der Waals surface area (Å²) in [7, 11) is 0. The van der Waals surface area contributed by atoms with Gasteiger partial charge in [0.05, 0.1) is 32.4 Å². The fourth-order valence-electron chi connectivity index (χ4n) is 2.94. The third-order valence-electron chi connectivity index (χ3n) is 4.50. The van der Waals surface area contributed by atoms with Gasteiger partial charge < -0.3 is 15.2 Å². The highest BCUT2D eigenvalue weighted by Crippen LogP contribution is 2.26. The number of hydrogen-bond donors (Lipinski definition) is 2. The molecule has 178 valence electrons. The molecule has 7 nitrogen and oxygen atoms in total. The molecule has 0 saturated heterocycles. The van der Waals surface area contributed by atoms with E-state index in [9.17, 15) is 9.59 Å². The number of halogens is 4. The van der Waals surface area contributed by atoms with Crippen molar-refractivity contribution >= 4 is 75.7 Å². The van der Waals surface area contributed by atoms with Crippen molar-refractivity contribution in [2.75, 3.05) is 11.1 Å². The Morgan fingerprint density at radius 1 is 1.09 bits per heavy atom. The van der Waals surface area contributed by atoms with Crippen LogP contribution in [-0.2, 0) is 11.3 Å². The average Bonchev–Trinajstić information content (AvgIpc) is 3.17. The van der Waals surface area contributed by atoms with Crippen LogP contribution < -0.4 is 10.6 Å². The van der Waals surface area contributed by atoms with Gasteiger partial charge in [-0.1, -0.05) is 64.2 Å². The summed E-state index contributed by atoms with van der Waals surface area (Å²) in [4.78, 5) is 25.1. The fourth-order valence-corrected chi connectivity index (χ4v) is 4.49. The zero-order valence-electron chi connectivity index (χ0n) is 17.8. The smallest absolute Gasteiger partial charge is 0.253 e. The van der Waals surface area contributed by atoms with Gasteiger partial charge in [-0.05, 0) is 43.3 Å². The van der Waals surface area contributed by atoms with Crippen LogP contribution in [0.4, 0.5) is 5.69 Å². The lowest BCUT2D eigenvalue weighted by Gasteiger charge is -2.16. The first-order valence-electron chi connectivity index (χ1n) is 9.87. The molecule has 1 heterocycles. The Labute approximate surface area is 220 Å². The minimum atomic E-state index is -0.494. The number of amides is 2. The number of anilines is 1. The van der Waals surface area contributed by atoms with Gasteiger partial charge in [-0.25, -0.2) is 0 Å². The first-order valence-corrected chi connectivity index (χ1v) is 12.4. The highest BCUT2D eigenvalue weighted by molar-refractivity contribution is 7.99. The van der Waals surface area contributed by atoms with Crippen molar-refractivity contribution in [1.29, 1.82) is 0 Å². The molecule has 0 bridgehead atoms. The Bertz CT molecular complexity index is 1230. The van der Waals surface area contributed by atoms with Crippen LogP contribution in [0.1, 0.15) is 29.1 Å². The van der Waals surface area contributed by atoms with E-state index in [1.807, 2.05) is 0 Å². The number of nitrogens with zero attached hydrogens (tertiary/aromatic N) is 3. The van der Waals surface area contributed by atoms with Crippen LogP contribution in [0.25, 0.3) is 0 Å². The molecule has 2 aromatic carbocycles. The second kappa shape index (κ2) is 12.0. The second-order valence-electron chi connectivity index (χ2n) is 7.03. The van der Waals surface area contributed by atoms with Gasteiger partial charge in [-0.3, -0.25) is 9.59 Å². The first kappa shape index (κ1) is 26.4. The summed E-state index contributed by atoms with van der Waals surface area (Å²) in [5, 5.41) is 15.9. The quantitative estimate of drug-likeness (QED) is 0.237. The van der Waals surface area contributed by atoms with Crippen molar-refractivity contribution in [3.63, 3.8) is 0 Å². The highest BCUT2D eigenvalue weighted by atomic mass is 35.5. The number of aromatic nitrogens is 3. The molecule has 0 saturated carbocycles. The molecule has 3 aromatic rings. The molecule has 0 aliphatic rings. The number of nitrogens with one attached hydrogen (secondary N) is 2. The topological polar surface area (TPSA) is 88.9 Å². The van der Waals surface area contributed by atoms with Crippen molar-refractivity contribution in [1.82, 2.24) is 20.1 Å². The molecular weight excluding hydrogens is 540 g/mol. The lowest BCUT2D eigenvalue weighted by Crippen LogP contribution is -2.29. The van der Waals surface area contributed by atoms with Gasteiger partial charge in [-0.2, -0.15) is 0 Å². The van der Waals surface area contributed by atoms with Gasteiger partial charge in [0, 0.05) is 17.3 Å². The number of carbonyl (C=O) groups excluding carboxylic acids is 2. The average molecular weight is 559 g/mol. The molecule has 34 heavy (non-hydrogen) atoms. The maximum absolute atomic E-state index is 12.7. The van der Waals surface area contributed by atoms with Gasteiger partial charge in [0.25, 0.3) is 5.91 Å². The Morgan fingerprint density at radius 2 is 1.85 bits per heavy atom. The van der Waals surface area contributed by atoms with Gasteiger partial charge in [0.2, 0.25) is 5.91 Å². The monoisotopic (exact) mass is 557 g/mol. The van der Waals surface area contributed by atoms with Gasteiger partial charge in [0.1, 0.15) is 0 Å². The van der Waals surface area contributed by atoms with Crippen molar-refractivity contribution in [2.24, 2.45) is 0 Å². The van der Waals surface area contributed by atoms with Crippen LogP contribution in [0.2, 0.25) is 20.1 Å². The maximum Gasteiger partial charge on any atom is 0.253 e. The number of thioether (sulfide) groups is 1. The molecule has 12 heteroatoms. The van der Waals surface area contributed by atoms with E-state index in [0.29, 0.717) is 43.8 Å². The fraction of sp³-hybridized carbons (Fsp3) is 0.182. The molecule has 0 aliphatic carbocycles. The summed E-state index contributed by atoms with van der Waals surface area (Å²) in [5.41, 5.74) is 0.826. The van der Waals surface area contributed by atoms with Crippen LogP contribution in [-0.4, -0.2) is 32.3 Å². The maximum atomic E-state index is 12.7. The molecular formula is C22H19Cl4N5O2S. The Kier molecular flexibility index (Phi) is 9.27. The van der Waals surface area contributed by atoms with E-state index < -0.39 is 6.04 Å². The molecule has 2 N–H and O–H groups in total. The summed E-state index contributed by atoms with van der Waals surface area (Å²) >= 11 is 25.1. The second-order valence-corrected chi connectivity index (χ2v) is 9.63. The van der Waals surface area contributed by atoms with Crippen LogP contribution in [0, 0.1) is 0 Å².